The van der Waals surface area contributed by atoms with E-state index in [0.717, 1.165) is 0 Å². The Morgan fingerprint density at radius 2 is 1.87 bits per heavy atom. The molecule has 1 aliphatic heterocycles. The number of hydrogen-bond acceptors (Lipinski definition) is 7. The molecule has 1 fully saturated rings. The number of H-pyrrole nitrogens is 1. The molecule has 3 heterocycles. The average Bonchev–Trinajstić information content (AvgIpc) is 3.02. The van der Waals surface area contributed by atoms with Crippen LogP contribution in [0.15, 0.2) is 27.9 Å². The maximum Gasteiger partial charge on any atom is 0.277 e. The predicted octanol–water partition coefficient (Wildman–Crippen LogP) is 1.04. The Labute approximate surface area is 180 Å². The van der Waals surface area contributed by atoms with Crippen molar-refractivity contribution >= 4 is 15.5 Å². The Balaban J connectivity index is 1.85. The Bertz CT molecular complexity index is 1290. The van der Waals surface area contributed by atoms with Crippen molar-refractivity contribution in [3.63, 3.8) is 0 Å². The molecule has 2 aromatic heterocycles. The zero-order chi connectivity index (χ0) is 22.3. The Morgan fingerprint density at radius 1 is 1.16 bits per heavy atom. The summed E-state index contributed by atoms with van der Waals surface area (Å²) in [7, 11) is -1.72. The number of sulfonamides is 1. The first-order valence-corrected chi connectivity index (χ1v) is 11.6. The molecule has 0 bridgehead atoms. The number of aryl methyl sites for hydroxylation is 2. The largest absolute Gasteiger partial charge is 0.493 e. The maximum atomic E-state index is 13.2. The van der Waals surface area contributed by atoms with Crippen LogP contribution >= 0.6 is 0 Å². The Morgan fingerprint density at radius 3 is 2.55 bits per heavy atom. The van der Waals surface area contributed by atoms with Crippen molar-refractivity contribution in [1.29, 1.82) is 0 Å². The first-order valence-electron chi connectivity index (χ1n) is 10.1. The fraction of sp³-hybridized carbons (Fsp3) is 0.450. The van der Waals surface area contributed by atoms with Crippen LogP contribution in [0.1, 0.15) is 18.4 Å². The summed E-state index contributed by atoms with van der Waals surface area (Å²) in [5, 5.41) is 4.52. The van der Waals surface area contributed by atoms with E-state index in [1.54, 1.807) is 19.9 Å². The number of imidazole rings is 1. The zero-order valence-electron chi connectivity index (χ0n) is 18.0. The van der Waals surface area contributed by atoms with Crippen LogP contribution in [0.2, 0.25) is 0 Å². The molecule has 10 nitrogen and oxygen atoms in total. The lowest BCUT2D eigenvalue weighted by Gasteiger charge is -2.31. The molecule has 0 amide bonds. The average molecular weight is 447 g/mol. The van der Waals surface area contributed by atoms with Gasteiger partial charge >= 0.3 is 0 Å². The monoisotopic (exact) mass is 446 g/mol. The van der Waals surface area contributed by atoms with E-state index in [0.29, 0.717) is 61.1 Å². The predicted molar refractivity (Wildman–Crippen MR) is 116 cm³/mol. The van der Waals surface area contributed by atoms with E-state index in [2.05, 4.69) is 20.0 Å². The number of nitrogens with zero attached hydrogens (tertiary/aromatic N) is 5. The van der Waals surface area contributed by atoms with Crippen molar-refractivity contribution in [2.75, 3.05) is 39.8 Å². The van der Waals surface area contributed by atoms with Crippen LogP contribution in [0, 0.1) is 13.8 Å². The van der Waals surface area contributed by atoms with Gasteiger partial charge in [-0.15, -0.1) is 5.10 Å². The first-order chi connectivity index (χ1) is 14.7. The van der Waals surface area contributed by atoms with Crippen molar-refractivity contribution in [3.05, 3.63) is 40.1 Å². The molecule has 0 saturated carbocycles. The minimum atomic E-state index is -3.69. The minimum absolute atomic E-state index is 0.136. The van der Waals surface area contributed by atoms with Crippen molar-refractivity contribution in [2.24, 2.45) is 0 Å². The summed E-state index contributed by atoms with van der Waals surface area (Å²) in [6.45, 7) is 7.92. The van der Waals surface area contributed by atoms with Gasteiger partial charge in [-0.25, -0.2) is 17.9 Å². The number of aromatic nitrogens is 4. The van der Waals surface area contributed by atoms with Gasteiger partial charge in [-0.1, -0.05) is 0 Å². The lowest BCUT2D eigenvalue weighted by molar-refractivity contribution is 0.222. The van der Waals surface area contributed by atoms with Gasteiger partial charge in [0, 0.05) is 26.2 Å². The summed E-state index contributed by atoms with van der Waals surface area (Å²) in [6, 6.07) is 4.66. The number of likely N-dealkylation sites (N-methyl/N-ethyl adjacent to an activating group) is 1. The highest BCUT2D eigenvalue weighted by atomic mass is 32.2. The summed E-state index contributed by atoms with van der Waals surface area (Å²) >= 11 is 0. The lowest BCUT2D eigenvalue weighted by atomic mass is 10.2. The fourth-order valence-corrected chi connectivity index (χ4v) is 5.22. The number of aromatic amines is 1. The van der Waals surface area contributed by atoms with Crippen molar-refractivity contribution in [2.45, 2.75) is 25.7 Å². The van der Waals surface area contributed by atoms with E-state index in [1.807, 2.05) is 14.0 Å². The number of benzene rings is 1. The second-order valence-electron chi connectivity index (χ2n) is 7.61. The smallest absolute Gasteiger partial charge is 0.277 e. The van der Waals surface area contributed by atoms with Gasteiger partial charge in [0.05, 0.1) is 22.8 Å². The Kier molecular flexibility index (Phi) is 5.58. The molecule has 4 rings (SSSR count). The summed E-state index contributed by atoms with van der Waals surface area (Å²) in [4.78, 5) is 22.0. The standard InChI is InChI=1S/C20H26N6O4S/c1-5-30-17-7-6-15(31(28,29)25-10-8-24(4)9-11-25)12-16(17)19-22-20(27)18-13(2)21-14(3)26(18)23-19/h6-7,12H,5,8-11H2,1-4H3,(H,22,23,27). The number of nitrogens with one attached hydrogen (secondary N) is 1. The third kappa shape index (κ3) is 3.84. The van der Waals surface area contributed by atoms with Gasteiger partial charge in [0.1, 0.15) is 11.6 Å². The Hall–Kier alpha value is -2.76. The minimum Gasteiger partial charge on any atom is -0.493 e. The van der Waals surface area contributed by atoms with Crippen LogP contribution in [0.5, 0.6) is 5.75 Å². The molecular formula is C20H26N6O4S. The normalized spacial score (nSPS) is 16.1. The number of hydrogen-bond donors (Lipinski definition) is 1. The van der Waals surface area contributed by atoms with Crippen molar-refractivity contribution in [1.82, 2.24) is 28.8 Å². The third-order valence-electron chi connectivity index (χ3n) is 5.44. The molecule has 166 valence electrons. The lowest BCUT2D eigenvalue weighted by Crippen LogP contribution is -2.47. The van der Waals surface area contributed by atoms with E-state index in [9.17, 15) is 13.2 Å². The highest BCUT2D eigenvalue weighted by Crippen LogP contribution is 2.31. The molecule has 0 radical (unpaired) electrons. The van der Waals surface area contributed by atoms with E-state index in [-0.39, 0.29) is 16.3 Å². The van der Waals surface area contributed by atoms with Gasteiger partial charge in [0.2, 0.25) is 10.0 Å². The molecule has 3 aromatic rings. The summed E-state index contributed by atoms with van der Waals surface area (Å²) < 4.78 is 35.1. The quantitative estimate of drug-likeness (QED) is 0.623. The molecule has 0 spiro atoms. The molecule has 0 aliphatic carbocycles. The van der Waals surface area contributed by atoms with Crippen molar-refractivity contribution in [3.8, 4) is 17.1 Å². The summed E-state index contributed by atoms with van der Waals surface area (Å²) in [5.41, 5.74) is 0.995. The summed E-state index contributed by atoms with van der Waals surface area (Å²) in [5.74, 6) is 1.23. The van der Waals surface area contributed by atoms with Gasteiger partial charge in [0.15, 0.2) is 11.3 Å². The topological polar surface area (TPSA) is 113 Å². The number of fused-ring (bicyclic) bond motifs is 1. The number of piperazine rings is 1. The van der Waals surface area contributed by atoms with E-state index >= 15 is 0 Å². The van der Waals surface area contributed by atoms with Gasteiger partial charge in [0.25, 0.3) is 5.56 Å². The second-order valence-corrected chi connectivity index (χ2v) is 9.54. The first kappa shape index (κ1) is 21.5. The van der Waals surface area contributed by atoms with Crippen LogP contribution in [0.4, 0.5) is 0 Å². The van der Waals surface area contributed by atoms with Gasteiger partial charge in [-0.05, 0) is 46.0 Å². The molecule has 1 aromatic carbocycles. The van der Waals surface area contributed by atoms with Gasteiger partial charge < -0.3 is 14.6 Å². The summed E-state index contributed by atoms with van der Waals surface area (Å²) in [6.07, 6.45) is 0. The van der Waals surface area contributed by atoms with E-state index < -0.39 is 10.0 Å². The number of ether oxygens (including phenoxy) is 1. The molecule has 0 atom stereocenters. The SMILES string of the molecule is CCOc1ccc(S(=O)(=O)N2CCN(C)CC2)cc1-c1nn2c(C)nc(C)c2c(=O)[nH]1. The van der Waals surface area contributed by atoms with E-state index in [4.69, 9.17) is 4.74 Å². The molecule has 1 aliphatic rings. The highest BCUT2D eigenvalue weighted by molar-refractivity contribution is 7.89. The molecule has 1 N–H and O–H groups in total. The molecule has 31 heavy (non-hydrogen) atoms. The van der Waals surface area contributed by atoms with Crippen LogP contribution in [-0.2, 0) is 10.0 Å². The highest BCUT2D eigenvalue weighted by Gasteiger charge is 2.28. The van der Waals surface area contributed by atoms with Crippen LogP contribution < -0.4 is 10.3 Å². The fourth-order valence-electron chi connectivity index (χ4n) is 3.77. The van der Waals surface area contributed by atoms with E-state index in [1.165, 1.54) is 21.0 Å². The third-order valence-corrected chi connectivity index (χ3v) is 7.34. The van der Waals surface area contributed by atoms with Crippen LogP contribution in [0.25, 0.3) is 16.9 Å². The zero-order valence-corrected chi connectivity index (χ0v) is 18.9. The van der Waals surface area contributed by atoms with Crippen molar-refractivity contribution < 1.29 is 13.2 Å². The van der Waals surface area contributed by atoms with Crippen LogP contribution in [0.3, 0.4) is 0 Å². The number of rotatable bonds is 5. The van der Waals surface area contributed by atoms with Gasteiger partial charge in [-0.3, -0.25) is 4.79 Å². The molecule has 0 unspecified atom stereocenters. The molecule has 11 heteroatoms. The maximum absolute atomic E-state index is 13.2. The molecular weight excluding hydrogens is 420 g/mol. The van der Waals surface area contributed by atoms with Gasteiger partial charge in [-0.2, -0.15) is 4.31 Å². The second kappa shape index (κ2) is 8.06. The van der Waals surface area contributed by atoms with Crippen LogP contribution in [-0.4, -0.2) is 77.0 Å². The molecule has 1 saturated heterocycles.